The second kappa shape index (κ2) is 6.48. The molecule has 2 aromatic rings. The Morgan fingerprint density at radius 2 is 1.96 bits per heavy atom. The van der Waals surface area contributed by atoms with Gasteiger partial charge in [-0.3, -0.25) is 0 Å². The van der Waals surface area contributed by atoms with Gasteiger partial charge in [0.05, 0.1) is 10.3 Å². The van der Waals surface area contributed by atoms with Gasteiger partial charge in [-0.2, -0.15) is 4.31 Å². The van der Waals surface area contributed by atoms with E-state index in [1.54, 1.807) is 28.2 Å². The SMILES string of the molecule is Cc1ccc(S(=O)(=O)N2CCS[C@H]2c2cccc(Cl)c2)c(C)c1. The molecule has 0 unspecified atom stereocenters. The first-order valence-corrected chi connectivity index (χ1v) is 10.2. The summed E-state index contributed by atoms with van der Waals surface area (Å²) in [6.45, 7) is 4.32. The molecule has 0 bridgehead atoms. The van der Waals surface area contributed by atoms with Crippen molar-refractivity contribution in [2.24, 2.45) is 0 Å². The maximum Gasteiger partial charge on any atom is 0.244 e. The molecule has 122 valence electrons. The van der Waals surface area contributed by atoms with E-state index in [9.17, 15) is 8.42 Å². The monoisotopic (exact) mass is 367 g/mol. The van der Waals surface area contributed by atoms with Crippen LogP contribution >= 0.6 is 23.4 Å². The van der Waals surface area contributed by atoms with Crippen molar-refractivity contribution < 1.29 is 8.42 Å². The zero-order valence-electron chi connectivity index (χ0n) is 13.0. The first kappa shape index (κ1) is 16.8. The summed E-state index contributed by atoms with van der Waals surface area (Å²) in [6.07, 6.45) is 0. The molecular weight excluding hydrogens is 350 g/mol. The number of halogens is 1. The van der Waals surface area contributed by atoms with Crippen LogP contribution in [-0.4, -0.2) is 25.0 Å². The van der Waals surface area contributed by atoms with Crippen LogP contribution in [0.3, 0.4) is 0 Å². The topological polar surface area (TPSA) is 37.4 Å². The molecule has 1 aliphatic rings. The highest BCUT2D eigenvalue weighted by Crippen LogP contribution is 2.42. The van der Waals surface area contributed by atoms with Crippen LogP contribution in [0.2, 0.25) is 5.02 Å². The van der Waals surface area contributed by atoms with Gasteiger partial charge in [-0.1, -0.05) is 41.4 Å². The van der Waals surface area contributed by atoms with Crippen LogP contribution in [0.4, 0.5) is 0 Å². The summed E-state index contributed by atoms with van der Waals surface area (Å²) in [5.74, 6) is 0.779. The highest BCUT2D eigenvalue weighted by Gasteiger charge is 2.37. The fraction of sp³-hybridized carbons (Fsp3) is 0.294. The number of nitrogens with zero attached hydrogens (tertiary/aromatic N) is 1. The summed E-state index contributed by atoms with van der Waals surface area (Å²) in [5, 5.41) is 0.401. The average molecular weight is 368 g/mol. The second-order valence-electron chi connectivity index (χ2n) is 5.66. The summed E-state index contributed by atoms with van der Waals surface area (Å²) < 4.78 is 27.8. The Bertz CT molecular complexity index is 836. The molecule has 0 aliphatic carbocycles. The second-order valence-corrected chi connectivity index (χ2v) is 9.15. The maximum atomic E-state index is 13.1. The summed E-state index contributed by atoms with van der Waals surface area (Å²) >= 11 is 7.70. The normalized spacial score (nSPS) is 19.2. The first-order valence-electron chi connectivity index (χ1n) is 7.36. The molecule has 1 heterocycles. The molecule has 1 atom stereocenters. The van der Waals surface area contributed by atoms with Crippen LogP contribution in [-0.2, 0) is 10.0 Å². The van der Waals surface area contributed by atoms with Gasteiger partial charge in [0.15, 0.2) is 0 Å². The lowest BCUT2D eigenvalue weighted by molar-refractivity contribution is 0.434. The third-order valence-corrected chi connectivity index (χ3v) is 7.55. The van der Waals surface area contributed by atoms with Gasteiger partial charge in [0, 0.05) is 17.3 Å². The number of thioether (sulfide) groups is 1. The Hall–Kier alpha value is -1.01. The van der Waals surface area contributed by atoms with E-state index in [1.807, 2.05) is 44.2 Å². The van der Waals surface area contributed by atoms with Gasteiger partial charge in [0.25, 0.3) is 0 Å². The molecule has 3 rings (SSSR count). The van der Waals surface area contributed by atoms with Crippen molar-refractivity contribution in [2.75, 3.05) is 12.3 Å². The Morgan fingerprint density at radius 3 is 2.65 bits per heavy atom. The third-order valence-electron chi connectivity index (χ3n) is 3.90. The van der Waals surface area contributed by atoms with Gasteiger partial charge >= 0.3 is 0 Å². The molecule has 2 aromatic carbocycles. The van der Waals surface area contributed by atoms with Crippen molar-refractivity contribution in [3.8, 4) is 0 Å². The van der Waals surface area contributed by atoms with Crippen LogP contribution in [0.1, 0.15) is 22.1 Å². The highest BCUT2D eigenvalue weighted by atomic mass is 35.5. The predicted molar refractivity (Wildman–Crippen MR) is 96.5 cm³/mol. The van der Waals surface area contributed by atoms with Gasteiger partial charge in [0.2, 0.25) is 10.0 Å². The van der Waals surface area contributed by atoms with Gasteiger partial charge < -0.3 is 0 Å². The maximum absolute atomic E-state index is 13.1. The fourth-order valence-electron chi connectivity index (χ4n) is 2.84. The number of aryl methyl sites for hydroxylation is 2. The average Bonchev–Trinajstić information content (AvgIpc) is 2.97. The van der Waals surface area contributed by atoms with Gasteiger partial charge in [-0.25, -0.2) is 8.42 Å². The standard InChI is InChI=1S/C17H18ClNO2S2/c1-12-6-7-16(13(2)10-12)23(20,21)19-8-9-22-17(19)14-4-3-5-15(18)11-14/h3-7,10-11,17H,8-9H2,1-2H3/t17-/m0/s1. The molecule has 23 heavy (non-hydrogen) atoms. The van der Waals surface area contributed by atoms with E-state index in [4.69, 9.17) is 11.6 Å². The van der Waals surface area contributed by atoms with Crippen molar-refractivity contribution in [1.82, 2.24) is 4.31 Å². The predicted octanol–water partition coefficient (Wildman–Crippen LogP) is 4.39. The van der Waals surface area contributed by atoms with Crippen molar-refractivity contribution in [3.63, 3.8) is 0 Å². The fourth-order valence-corrected chi connectivity index (χ4v) is 6.48. The van der Waals surface area contributed by atoms with Crippen LogP contribution in [0.15, 0.2) is 47.4 Å². The van der Waals surface area contributed by atoms with Gasteiger partial charge in [-0.15, -0.1) is 11.8 Å². The van der Waals surface area contributed by atoms with E-state index in [1.165, 1.54) is 0 Å². The number of benzene rings is 2. The van der Waals surface area contributed by atoms with Crippen molar-refractivity contribution in [1.29, 1.82) is 0 Å². The summed E-state index contributed by atoms with van der Waals surface area (Å²) in [7, 11) is -3.53. The third kappa shape index (κ3) is 3.29. The first-order chi connectivity index (χ1) is 10.9. The minimum Gasteiger partial charge on any atom is -0.207 e. The van der Waals surface area contributed by atoms with Gasteiger partial charge in [-0.05, 0) is 43.2 Å². The van der Waals surface area contributed by atoms with Crippen molar-refractivity contribution in [2.45, 2.75) is 24.1 Å². The summed E-state index contributed by atoms with van der Waals surface area (Å²) in [6, 6.07) is 12.9. The minimum atomic E-state index is -3.53. The molecule has 6 heteroatoms. The lowest BCUT2D eigenvalue weighted by Gasteiger charge is -2.24. The van der Waals surface area contributed by atoms with Crippen molar-refractivity contribution in [3.05, 3.63) is 64.2 Å². The van der Waals surface area contributed by atoms with Crippen molar-refractivity contribution >= 4 is 33.4 Å². The minimum absolute atomic E-state index is 0.223. The highest BCUT2D eigenvalue weighted by molar-refractivity contribution is 8.01. The van der Waals surface area contributed by atoms with E-state index in [0.29, 0.717) is 16.5 Å². The molecule has 0 aromatic heterocycles. The molecule has 0 N–H and O–H groups in total. The van der Waals surface area contributed by atoms with E-state index in [2.05, 4.69) is 0 Å². The molecule has 1 aliphatic heterocycles. The van der Waals surface area contributed by atoms with Crippen LogP contribution < -0.4 is 0 Å². The number of sulfonamides is 1. The van der Waals surface area contributed by atoms with E-state index in [0.717, 1.165) is 22.4 Å². The summed E-state index contributed by atoms with van der Waals surface area (Å²) in [5.41, 5.74) is 2.77. The lowest BCUT2D eigenvalue weighted by atomic mass is 10.2. The molecule has 3 nitrogen and oxygen atoms in total. The molecule has 0 radical (unpaired) electrons. The number of hydrogen-bond donors (Lipinski definition) is 0. The molecule has 1 fully saturated rings. The zero-order valence-corrected chi connectivity index (χ0v) is 15.4. The van der Waals surface area contributed by atoms with Crippen LogP contribution in [0.25, 0.3) is 0 Å². The Labute approximate surface area is 146 Å². The lowest BCUT2D eigenvalue weighted by Crippen LogP contribution is -2.31. The molecular formula is C17H18ClNO2S2. The molecule has 0 saturated carbocycles. The Kier molecular flexibility index (Phi) is 4.74. The zero-order chi connectivity index (χ0) is 16.6. The number of hydrogen-bond acceptors (Lipinski definition) is 3. The van der Waals surface area contributed by atoms with Crippen LogP contribution in [0.5, 0.6) is 0 Å². The molecule has 0 amide bonds. The van der Waals surface area contributed by atoms with E-state index < -0.39 is 10.0 Å². The van der Waals surface area contributed by atoms with Crippen LogP contribution in [0, 0.1) is 13.8 Å². The Balaban J connectivity index is 2.01. The van der Waals surface area contributed by atoms with Gasteiger partial charge in [0.1, 0.15) is 0 Å². The molecule has 0 spiro atoms. The Morgan fingerprint density at radius 1 is 1.17 bits per heavy atom. The molecule has 1 saturated heterocycles. The summed E-state index contributed by atoms with van der Waals surface area (Å²) in [4.78, 5) is 0.387. The van der Waals surface area contributed by atoms with E-state index in [-0.39, 0.29) is 5.37 Å². The van der Waals surface area contributed by atoms with E-state index >= 15 is 0 Å². The smallest absolute Gasteiger partial charge is 0.207 e. The largest absolute Gasteiger partial charge is 0.244 e. The quantitative estimate of drug-likeness (QED) is 0.807. The number of rotatable bonds is 3.